The quantitative estimate of drug-likeness (QED) is 0.800. The van der Waals surface area contributed by atoms with Crippen LogP contribution in [-0.2, 0) is 11.3 Å². The van der Waals surface area contributed by atoms with Crippen molar-refractivity contribution in [3.63, 3.8) is 0 Å². The molecule has 0 aromatic carbocycles. The van der Waals surface area contributed by atoms with Crippen molar-refractivity contribution in [3.8, 4) is 0 Å². The summed E-state index contributed by atoms with van der Waals surface area (Å²) < 4.78 is 0. The maximum atomic E-state index is 12.4. The Morgan fingerprint density at radius 1 is 1.19 bits per heavy atom. The summed E-state index contributed by atoms with van der Waals surface area (Å²) in [6.45, 7) is 8.20. The lowest BCUT2D eigenvalue weighted by Crippen LogP contribution is -2.40. The molecule has 31 heavy (non-hydrogen) atoms. The Hall–Kier alpha value is -2.54. The van der Waals surface area contributed by atoms with E-state index in [9.17, 15) is 9.59 Å². The van der Waals surface area contributed by atoms with Crippen molar-refractivity contribution >= 4 is 5.91 Å². The number of carbonyl (C=O) groups excluding carboxylic acids is 1. The van der Waals surface area contributed by atoms with Gasteiger partial charge in [0, 0.05) is 62.4 Å². The highest BCUT2D eigenvalue weighted by Gasteiger charge is 2.28. The van der Waals surface area contributed by atoms with E-state index in [4.69, 9.17) is 4.98 Å². The Bertz CT molecular complexity index is 934. The molecule has 2 aromatic heterocycles. The summed E-state index contributed by atoms with van der Waals surface area (Å²) in [5, 5.41) is 0. The third kappa shape index (κ3) is 5.39. The number of hydrogen-bond acceptors (Lipinski definition) is 5. The van der Waals surface area contributed by atoms with Crippen LogP contribution in [0.4, 0.5) is 0 Å². The topological polar surface area (TPSA) is 82.2 Å². The van der Waals surface area contributed by atoms with Gasteiger partial charge in [-0.15, -0.1) is 0 Å². The molecular formula is C24H33N5O2. The first kappa shape index (κ1) is 21.7. The molecule has 166 valence electrons. The molecule has 2 aliphatic rings. The zero-order chi connectivity index (χ0) is 21.8. The van der Waals surface area contributed by atoms with Gasteiger partial charge in [0.2, 0.25) is 5.91 Å². The van der Waals surface area contributed by atoms with Gasteiger partial charge in [0.05, 0.1) is 5.69 Å². The van der Waals surface area contributed by atoms with Gasteiger partial charge in [-0.3, -0.25) is 19.5 Å². The minimum absolute atomic E-state index is 0.0266. The van der Waals surface area contributed by atoms with Crippen LogP contribution in [0.1, 0.15) is 68.4 Å². The number of nitrogens with one attached hydrogen (secondary N) is 1. The van der Waals surface area contributed by atoms with Crippen LogP contribution in [0.3, 0.4) is 0 Å². The molecule has 7 heteroatoms. The number of pyridine rings is 1. The highest BCUT2D eigenvalue weighted by Crippen LogP contribution is 2.29. The van der Waals surface area contributed by atoms with Gasteiger partial charge < -0.3 is 9.88 Å². The van der Waals surface area contributed by atoms with Crippen molar-refractivity contribution in [1.82, 2.24) is 24.8 Å². The van der Waals surface area contributed by atoms with Gasteiger partial charge in [-0.05, 0) is 43.9 Å². The van der Waals surface area contributed by atoms with E-state index in [2.05, 4.69) is 20.9 Å². The number of amides is 1. The third-order valence-electron chi connectivity index (χ3n) is 6.52. The Morgan fingerprint density at radius 2 is 2.00 bits per heavy atom. The van der Waals surface area contributed by atoms with Crippen LogP contribution < -0.4 is 5.56 Å². The number of aromatic nitrogens is 3. The van der Waals surface area contributed by atoms with Gasteiger partial charge >= 0.3 is 0 Å². The predicted molar refractivity (Wildman–Crippen MR) is 120 cm³/mol. The van der Waals surface area contributed by atoms with E-state index in [1.807, 2.05) is 31.0 Å². The Balaban J connectivity index is 1.43. The van der Waals surface area contributed by atoms with Gasteiger partial charge in [0.15, 0.2) is 0 Å². The van der Waals surface area contributed by atoms with E-state index >= 15 is 0 Å². The average molecular weight is 424 g/mol. The fourth-order valence-electron chi connectivity index (χ4n) is 4.83. The lowest BCUT2D eigenvalue weighted by atomic mass is 9.92. The molecule has 4 heterocycles. The predicted octanol–water partition coefficient (Wildman–Crippen LogP) is 2.91. The number of likely N-dealkylation sites (tertiary alicyclic amines) is 2. The van der Waals surface area contributed by atoms with Crippen LogP contribution in [0.5, 0.6) is 0 Å². The fourth-order valence-corrected chi connectivity index (χ4v) is 4.83. The molecule has 1 unspecified atom stereocenters. The van der Waals surface area contributed by atoms with Crippen LogP contribution in [-0.4, -0.2) is 56.8 Å². The summed E-state index contributed by atoms with van der Waals surface area (Å²) in [7, 11) is 0. The molecule has 2 saturated heterocycles. The van der Waals surface area contributed by atoms with E-state index in [1.165, 1.54) is 5.56 Å². The van der Waals surface area contributed by atoms with Crippen LogP contribution in [0.2, 0.25) is 0 Å². The molecule has 1 N–H and O–H groups in total. The molecule has 0 radical (unpaired) electrons. The second kappa shape index (κ2) is 9.73. The van der Waals surface area contributed by atoms with E-state index in [0.717, 1.165) is 69.9 Å². The summed E-state index contributed by atoms with van der Waals surface area (Å²) in [6, 6.07) is 5.76. The summed E-state index contributed by atoms with van der Waals surface area (Å²) in [5.74, 6) is 1.51. The maximum Gasteiger partial charge on any atom is 0.251 e. The molecule has 0 aliphatic carbocycles. The molecule has 0 spiro atoms. The van der Waals surface area contributed by atoms with Gasteiger partial charge in [-0.25, -0.2) is 4.98 Å². The summed E-state index contributed by atoms with van der Waals surface area (Å²) >= 11 is 0. The number of piperidine rings is 2. The van der Waals surface area contributed by atoms with Gasteiger partial charge in [-0.1, -0.05) is 19.9 Å². The standard InChI is InChI=1S/C24H33N5O2/c1-17(2)24(31)29-11-7-19(8-12-29)23-26-21(13-22(30)27-23)20-6-4-10-28(16-20)15-18-5-3-9-25-14-18/h3,5,9,13-14,17,19-20H,4,6-8,10-12,15-16H2,1-2H3,(H,26,27,30). The number of carbonyl (C=O) groups is 1. The normalized spacial score (nSPS) is 20.9. The summed E-state index contributed by atoms with van der Waals surface area (Å²) in [6.07, 6.45) is 7.58. The molecule has 2 aliphatic heterocycles. The number of hydrogen-bond donors (Lipinski definition) is 1. The molecule has 0 bridgehead atoms. The smallest absolute Gasteiger partial charge is 0.251 e. The number of rotatable bonds is 5. The Morgan fingerprint density at radius 3 is 2.71 bits per heavy atom. The molecule has 1 atom stereocenters. The van der Waals surface area contributed by atoms with Crippen LogP contribution in [0.15, 0.2) is 35.4 Å². The van der Waals surface area contributed by atoms with Crippen LogP contribution in [0, 0.1) is 5.92 Å². The highest BCUT2D eigenvalue weighted by atomic mass is 16.2. The highest BCUT2D eigenvalue weighted by molar-refractivity contribution is 5.78. The molecule has 0 saturated carbocycles. The molecular weight excluding hydrogens is 390 g/mol. The zero-order valence-corrected chi connectivity index (χ0v) is 18.6. The number of nitrogens with zero attached hydrogens (tertiary/aromatic N) is 4. The lowest BCUT2D eigenvalue weighted by molar-refractivity contribution is -0.135. The molecule has 2 aromatic rings. The minimum Gasteiger partial charge on any atom is -0.342 e. The zero-order valence-electron chi connectivity index (χ0n) is 18.6. The van der Waals surface area contributed by atoms with Crippen LogP contribution >= 0.6 is 0 Å². The van der Waals surface area contributed by atoms with Gasteiger partial charge in [-0.2, -0.15) is 0 Å². The number of aromatic amines is 1. The van der Waals surface area contributed by atoms with E-state index in [-0.39, 0.29) is 29.2 Å². The largest absolute Gasteiger partial charge is 0.342 e. The fraction of sp³-hybridized carbons (Fsp3) is 0.583. The average Bonchev–Trinajstić information content (AvgIpc) is 2.79. The third-order valence-corrected chi connectivity index (χ3v) is 6.52. The molecule has 7 nitrogen and oxygen atoms in total. The van der Waals surface area contributed by atoms with E-state index in [1.54, 1.807) is 12.3 Å². The first-order chi connectivity index (χ1) is 15.0. The Labute approximate surface area is 183 Å². The van der Waals surface area contributed by atoms with Crippen molar-refractivity contribution in [3.05, 3.63) is 58.0 Å². The molecule has 4 rings (SSSR count). The van der Waals surface area contributed by atoms with Gasteiger partial charge in [0.1, 0.15) is 5.82 Å². The molecule has 2 fully saturated rings. The Kier molecular flexibility index (Phi) is 6.80. The lowest BCUT2D eigenvalue weighted by Gasteiger charge is -2.34. The van der Waals surface area contributed by atoms with Crippen molar-refractivity contribution < 1.29 is 4.79 Å². The van der Waals surface area contributed by atoms with Crippen molar-refractivity contribution in [1.29, 1.82) is 0 Å². The van der Waals surface area contributed by atoms with Crippen LogP contribution in [0.25, 0.3) is 0 Å². The van der Waals surface area contributed by atoms with Crippen molar-refractivity contribution in [2.75, 3.05) is 26.2 Å². The summed E-state index contributed by atoms with van der Waals surface area (Å²) in [4.78, 5) is 41.2. The first-order valence-electron chi connectivity index (χ1n) is 11.5. The maximum absolute atomic E-state index is 12.4. The number of H-pyrrole nitrogens is 1. The summed E-state index contributed by atoms with van der Waals surface area (Å²) in [5.41, 5.74) is 2.06. The second-order valence-corrected chi connectivity index (χ2v) is 9.25. The minimum atomic E-state index is -0.0648. The first-order valence-corrected chi connectivity index (χ1v) is 11.5. The van der Waals surface area contributed by atoms with Crippen molar-refractivity contribution in [2.24, 2.45) is 5.92 Å². The van der Waals surface area contributed by atoms with E-state index in [0.29, 0.717) is 0 Å². The van der Waals surface area contributed by atoms with Gasteiger partial charge in [0.25, 0.3) is 5.56 Å². The SMILES string of the molecule is CC(C)C(=O)N1CCC(c2nc(C3CCCN(Cc4cccnc4)C3)cc(=O)[nH]2)CC1. The monoisotopic (exact) mass is 423 g/mol. The second-order valence-electron chi connectivity index (χ2n) is 9.25. The van der Waals surface area contributed by atoms with E-state index < -0.39 is 0 Å². The molecule has 1 amide bonds. The van der Waals surface area contributed by atoms with Crippen molar-refractivity contribution in [2.45, 2.75) is 57.9 Å².